The van der Waals surface area contributed by atoms with Gasteiger partial charge in [-0.2, -0.15) is 0 Å². The lowest BCUT2D eigenvalue weighted by molar-refractivity contribution is -0.141. The first-order valence-electron chi connectivity index (χ1n) is 16.2. The van der Waals surface area contributed by atoms with Gasteiger partial charge in [-0.05, 0) is 75.6 Å². The maximum absolute atomic E-state index is 14.5. The van der Waals surface area contributed by atoms with Gasteiger partial charge in [0.25, 0.3) is 0 Å². The van der Waals surface area contributed by atoms with E-state index in [9.17, 15) is 14.4 Å². The zero-order chi connectivity index (χ0) is 29.9. The van der Waals surface area contributed by atoms with Gasteiger partial charge < -0.3 is 25.8 Å². The minimum atomic E-state index is -0.599. The maximum atomic E-state index is 14.5. The van der Waals surface area contributed by atoms with E-state index >= 15 is 0 Å². The number of aromatic nitrogens is 2. The van der Waals surface area contributed by atoms with Gasteiger partial charge in [0.05, 0.1) is 30.1 Å². The largest absolute Gasteiger partial charge is 0.349 e. The van der Waals surface area contributed by atoms with Gasteiger partial charge in [-0.15, -0.1) is 0 Å². The monoisotopic (exact) mass is 587 g/mol. The molecule has 6 unspecified atom stereocenters. The van der Waals surface area contributed by atoms with Crippen molar-refractivity contribution in [2.24, 2.45) is 11.8 Å². The molecular weight excluding hydrogens is 542 g/mol. The van der Waals surface area contributed by atoms with Crippen molar-refractivity contribution in [3.05, 3.63) is 53.9 Å². The van der Waals surface area contributed by atoms with Gasteiger partial charge in [0, 0.05) is 25.5 Å². The Morgan fingerprint density at radius 3 is 2.49 bits per heavy atom. The molecule has 2 saturated heterocycles. The van der Waals surface area contributed by atoms with Crippen LogP contribution in [0.2, 0.25) is 0 Å². The minimum absolute atomic E-state index is 0.0307. The van der Waals surface area contributed by atoms with Crippen LogP contribution >= 0.6 is 0 Å². The first kappa shape index (κ1) is 29.5. The number of hydrogen-bond acceptors (Lipinski definition) is 7. The molecule has 2 aliphatic heterocycles. The molecule has 3 heterocycles. The third kappa shape index (κ3) is 5.98. The number of amides is 3. The Morgan fingerprint density at radius 2 is 1.72 bits per heavy atom. The molecule has 0 bridgehead atoms. The summed E-state index contributed by atoms with van der Waals surface area (Å²) in [6.45, 7) is 2.79. The van der Waals surface area contributed by atoms with E-state index in [4.69, 9.17) is 0 Å². The van der Waals surface area contributed by atoms with Crippen molar-refractivity contribution < 1.29 is 14.4 Å². The smallest absolute Gasteiger partial charge is 0.245 e. The molecule has 1 saturated carbocycles. The number of rotatable bonds is 8. The standard InChI is InChI=1S/C33H45N7O3/c1-21(34-2)30(41)38-28(23-11-4-3-5-12-23)32(43)39-19-16-27-29(39)25(20-40(27)33-35-17-9-18-36-33)31(42)37-26-15-8-13-22-10-6-7-14-24(22)26/h6-7,9-10,14,17-18,21,23,25-29,34H,3-5,8,11-13,15-16,19-20H2,1-2H3,(H,37,42)(H,38,41). The topological polar surface area (TPSA) is 120 Å². The molecule has 0 spiro atoms. The average Bonchev–Trinajstić information content (AvgIpc) is 3.65. The van der Waals surface area contributed by atoms with Crippen LogP contribution in [0.3, 0.4) is 0 Å². The van der Waals surface area contributed by atoms with Crippen LogP contribution in [0.5, 0.6) is 0 Å². The number of likely N-dealkylation sites (N-methyl/N-ethyl adjacent to an activating group) is 1. The van der Waals surface area contributed by atoms with Gasteiger partial charge in [0.2, 0.25) is 23.7 Å². The fraction of sp³-hybridized carbons (Fsp3) is 0.606. The zero-order valence-corrected chi connectivity index (χ0v) is 25.4. The van der Waals surface area contributed by atoms with Crippen molar-refractivity contribution in [2.45, 2.75) is 94.9 Å². The molecular formula is C33H45N7O3. The maximum Gasteiger partial charge on any atom is 0.245 e. The molecule has 6 rings (SSSR count). The Bertz CT molecular complexity index is 1300. The molecule has 3 amide bonds. The second kappa shape index (κ2) is 13.0. The highest BCUT2D eigenvalue weighted by Crippen LogP contribution is 2.40. The predicted octanol–water partition coefficient (Wildman–Crippen LogP) is 2.75. The van der Waals surface area contributed by atoms with Crippen LogP contribution in [0.15, 0.2) is 42.7 Å². The van der Waals surface area contributed by atoms with Gasteiger partial charge in [-0.3, -0.25) is 14.4 Å². The number of aryl methyl sites for hydroxylation is 1. The molecule has 3 fully saturated rings. The third-order valence-electron chi connectivity index (χ3n) is 10.3. The van der Waals surface area contributed by atoms with Crippen LogP contribution in [0.4, 0.5) is 5.95 Å². The molecule has 2 aromatic rings. The summed E-state index contributed by atoms with van der Waals surface area (Å²) in [6, 6.07) is 8.72. The molecule has 6 atom stereocenters. The number of fused-ring (bicyclic) bond motifs is 2. The summed E-state index contributed by atoms with van der Waals surface area (Å²) in [7, 11) is 1.75. The van der Waals surface area contributed by atoms with Crippen LogP contribution in [0.1, 0.15) is 75.5 Å². The van der Waals surface area contributed by atoms with Crippen molar-refractivity contribution >= 4 is 23.7 Å². The highest BCUT2D eigenvalue weighted by atomic mass is 16.2. The Hall–Kier alpha value is -3.53. The summed E-state index contributed by atoms with van der Waals surface area (Å²) in [5.74, 6) is -0.0181. The second-order valence-electron chi connectivity index (χ2n) is 12.7. The molecule has 230 valence electrons. The van der Waals surface area contributed by atoms with E-state index in [-0.39, 0.29) is 41.8 Å². The van der Waals surface area contributed by atoms with E-state index in [0.717, 1.165) is 57.8 Å². The summed E-state index contributed by atoms with van der Waals surface area (Å²) in [4.78, 5) is 54.9. The van der Waals surface area contributed by atoms with Gasteiger partial charge in [-0.1, -0.05) is 43.5 Å². The number of carbonyl (C=O) groups excluding carboxylic acids is 3. The highest BCUT2D eigenvalue weighted by molar-refractivity contribution is 5.91. The Kier molecular flexibility index (Phi) is 8.93. The first-order valence-corrected chi connectivity index (χ1v) is 16.2. The van der Waals surface area contributed by atoms with Crippen LogP contribution in [-0.4, -0.2) is 76.9 Å². The Morgan fingerprint density at radius 1 is 0.953 bits per heavy atom. The Labute approximate surface area is 254 Å². The molecule has 4 aliphatic rings. The molecule has 10 nitrogen and oxygen atoms in total. The summed E-state index contributed by atoms with van der Waals surface area (Å²) in [5.41, 5.74) is 2.49. The lowest BCUT2D eigenvalue weighted by Crippen LogP contribution is -2.58. The van der Waals surface area contributed by atoms with E-state index in [1.165, 1.54) is 11.1 Å². The lowest BCUT2D eigenvalue weighted by Gasteiger charge is -2.36. The number of hydrogen-bond donors (Lipinski definition) is 3. The summed E-state index contributed by atoms with van der Waals surface area (Å²) in [6.07, 6.45) is 12.2. The minimum Gasteiger partial charge on any atom is -0.349 e. The van der Waals surface area contributed by atoms with Crippen LogP contribution in [-0.2, 0) is 20.8 Å². The van der Waals surface area contributed by atoms with Gasteiger partial charge in [0.1, 0.15) is 6.04 Å². The summed E-state index contributed by atoms with van der Waals surface area (Å²) < 4.78 is 0. The predicted molar refractivity (Wildman–Crippen MR) is 164 cm³/mol. The van der Waals surface area contributed by atoms with E-state index < -0.39 is 18.0 Å². The van der Waals surface area contributed by atoms with Crippen LogP contribution in [0, 0.1) is 11.8 Å². The average molecular weight is 588 g/mol. The summed E-state index contributed by atoms with van der Waals surface area (Å²) >= 11 is 0. The normalized spacial score (nSPS) is 26.7. The lowest BCUT2D eigenvalue weighted by atomic mass is 9.83. The van der Waals surface area contributed by atoms with E-state index in [2.05, 4.69) is 49.0 Å². The fourth-order valence-corrected chi connectivity index (χ4v) is 7.86. The zero-order valence-electron chi connectivity index (χ0n) is 25.4. The van der Waals surface area contributed by atoms with Crippen LogP contribution < -0.4 is 20.9 Å². The number of carbonyl (C=O) groups is 3. The number of nitrogens with zero attached hydrogens (tertiary/aromatic N) is 4. The molecule has 0 radical (unpaired) electrons. The van der Waals surface area contributed by atoms with E-state index in [0.29, 0.717) is 19.0 Å². The molecule has 1 aromatic carbocycles. The number of benzene rings is 1. The quantitative estimate of drug-likeness (QED) is 0.435. The highest BCUT2D eigenvalue weighted by Gasteiger charge is 2.55. The third-order valence-corrected chi connectivity index (χ3v) is 10.3. The van der Waals surface area contributed by atoms with E-state index in [1.54, 1.807) is 25.5 Å². The first-order chi connectivity index (χ1) is 21.0. The van der Waals surface area contributed by atoms with E-state index in [1.807, 2.05) is 17.9 Å². The van der Waals surface area contributed by atoms with Crippen molar-refractivity contribution in [3.63, 3.8) is 0 Å². The molecule has 1 aromatic heterocycles. The number of anilines is 1. The van der Waals surface area contributed by atoms with Gasteiger partial charge >= 0.3 is 0 Å². The molecule has 43 heavy (non-hydrogen) atoms. The Balaban J connectivity index is 1.28. The molecule has 2 aliphatic carbocycles. The van der Waals surface area contributed by atoms with Crippen LogP contribution in [0.25, 0.3) is 0 Å². The summed E-state index contributed by atoms with van der Waals surface area (Å²) in [5, 5.41) is 9.51. The van der Waals surface area contributed by atoms with Gasteiger partial charge in [-0.25, -0.2) is 9.97 Å². The van der Waals surface area contributed by atoms with Crippen molar-refractivity contribution in [2.75, 3.05) is 25.0 Å². The fourth-order valence-electron chi connectivity index (χ4n) is 7.86. The van der Waals surface area contributed by atoms with Crippen molar-refractivity contribution in [1.82, 2.24) is 30.8 Å². The van der Waals surface area contributed by atoms with Gasteiger partial charge in [0.15, 0.2) is 0 Å². The second-order valence-corrected chi connectivity index (χ2v) is 12.7. The SMILES string of the molecule is CNC(C)C(=O)NC(C(=O)N1CCC2C1C(C(=O)NC1CCCc3ccccc31)CN2c1ncccn1)C1CCCCC1. The number of nitrogens with one attached hydrogen (secondary N) is 3. The number of likely N-dealkylation sites (tertiary alicyclic amines) is 1. The molecule has 3 N–H and O–H groups in total. The van der Waals surface area contributed by atoms with Crippen molar-refractivity contribution in [1.29, 1.82) is 0 Å². The molecule has 10 heteroatoms. The van der Waals surface area contributed by atoms with Crippen molar-refractivity contribution in [3.8, 4) is 0 Å².